The van der Waals surface area contributed by atoms with E-state index < -0.39 is 0 Å². The Kier molecular flexibility index (Phi) is 6.05. The molecule has 2 aromatic rings. The molecule has 0 N–H and O–H groups in total. The molecule has 2 aliphatic heterocycles. The smallest absolute Gasteiger partial charge is 0.238 e. The molecule has 140 valence electrons. The summed E-state index contributed by atoms with van der Waals surface area (Å²) in [5.74, 6) is 1.38. The van der Waals surface area contributed by atoms with E-state index in [1.807, 2.05) is 47.0 Å². The molecule has 2 heterocycles. The van der Waals surface area contributed by atoms with Crippen LogP contribution in [0.4, 0.5) is 5.69 Å². The van der Waals surface area contributed by atoms with E-state index in [4.69, 9.17) is 12.2 Å². The molecule has 0 aromatic heterocycles. The van der Waals surface area contributed by atoms with Crippen molar-refractivity contribution >= 4 is 51.7 Å². The SMILES string of the molecule is O=C(CSC(=S)N1CCCC1)N1c2ccccc2SC[C@H]1c1ccccc1. The molecule has 0 bridgehead atoms. The zero-order valence-corrected chi connectivity index (χ0v) is 17.5. The third-order valence-electron chi connectivity index (χ3n) is 4.97. The number of thioether (sulfide) groups is 2. The highest BCUT2D eigenvalue weighted by atomic mass is 32.2. The lowest BCUT2D eigenvalue weighted by Gasteiger charge is -2.37. The third-order valence-corrected chi connectivity index (χ3v) is 7.62. The van der Waals surface area contributed by atoms with Crippen molar-refractivity contribution in [1.29, 1.82) is 0 Å². The van der Waals surface area contributed by atoms with Crippen LogP contribution in [0.25, 0.3) is 0 Å². The first-order valence-corrected chi connectivity index (χ1v) is 11.6. The molecule has 4 rings (SSSR count). The first-order chi connectivity index (χ1) is 13.2. The summed E-state index contributed by atoms with van der Waals surface area (Å²) in [6.07, 6.45) is 2.39. The van der Waals surface area contributed by atoms with Crippen molar-refractivity contribution in [1.82, 2.24) is 4.90 Å². The van der Waals surface area contributed by atoms with Gasteiger partial charge in [-0.25, -0.2) is 0 Å². The Hall–Kier alpha value is -1.50. The van der Waals surface area contributed by atoms with E-state index >= 15 is 0 Å². The van der Waals surface area contributed by atoms with Gasteiger partial charge in [0.25, 0.3) is 0 Å². The van der Waals surface area contributed by atoms with Gasteiger partial charge in [-0.2, -0.15) is 0 Å². The second-order valence-electron chi connectivity index (χ2n) is 6.72. The van der Waals surface area contributed by atoms with Crippen LogP contribution in [0.3, 0.4) is 0 Å². The summed E-state index contributed by atoms with van der Waals surface area (Å²) in [5.41, 5.74) is 2.19. The van der Waals surface area contributed by atoms with Crippen LogP contribution >= 0.6 is 35.7 Å². The zero-order valence-electron chi connectivity index (χ0n) is 15.0. The number of rotatable bonds is 3. The summed E-state index contributed by atoms with van der Waals surface area (Å²) in [6, 6.07) is 18.6. The fourth-order valence-electron chi connectivity index (χ4n) is 3.60. The number of likely N-dealkylation sites (tertiary alicyclic amines) is 1. The monoisotopic (exact) mass is 414 g/mol. The fourth-order valence-corrected chi connectivity index (χ4v) is 5.88. The molecule has 0 unspecified atom stereocenters. The van der Waals surface area contributed by atoms with E-state index in [0.717, 1.165) is 28.9 Å². The Morgan fingerprint density at radius 1 is 1.07 bits per heavy atom. The topological polar surface area (TPSA) is 23.6 Å². The molecule has 1 atom stereocenters. The van der Waals surface area contributed by atoms with Crippen molar-refractivity contribution in [2.45, 2.75) is 23.8 Å². The van der Waals surface area contributed by atoms with Gasteiger partial charge in [0.15, 0.2) is 0 Å². The summed E-state index contributed by atoms with van der Waals surface area (Å²) in [6.45, 7) is 2.05. The average molecular weight is 415 g/mol. The van der Waals surface area contributed by atoms with E-state index in [2.05, 4.69) is 29.2 Å². The van der Waals surface area contributed by atoms with Crippen molar-refractivity contribution in [2.75, 3.05) is 29.5 Å². The van der Waals surface area contributed by atoms with Crippen molar-refractivity contribution < 1.29 is 4.79 Å². The third kappa shape index (κ3) is 4.18. The van der Waals surface area contributed by atoms with Crippen molar-refractivity contribution in [2.24, 2.45) is 0 Å². The van der Waals surface area contributed by atoms with Crippen LogP contribution < -0.4 is 4.90 Å². The van der Waals surface area contributed by atoms with Crippen LogP contribution in [0.2, 0.25) is 0 Å². The van der Waals surface area contributed by atoms with Crippen LogP contribution in [-0.2, 0) is 4.79 Å². The van der Waals surface area contributed by atoms with Gasteiger partial charge in [-0.15, -0.1) is 11.8 Å². The minimum Gasteiger partial charge on any atom is -0.358 e. The van der Waals surface area contributed by atoms with Gasteiger partial charge < -0.3 is 9.80 Å². The van der Waals surface area contributed by atoms with Gasteiger partial charge in [0, 0.05) is 23.7 Å². The number of hydrogen-bond acceptors (Lipinski definition) is 4. The van der Waals surface area contributed by atoms with Gasteiger partial charge in [0.1, 0.15) is 4.32 Å². The number of carbonyl (C=O) groups excluding carboxylic acids is 1. The summed E-state index contributed by atoms with van der Waals surface area (Å²) in [7, 11) is 0. The number of amides is 1. The van der Waals surface area contributed by atoms with Crippen LogP contribution in [-0.4, -0.2) is 39.7 Å². The Morgan fingerprint density at radius 3 is 2.56 bits per heavy atom. The molecule has 0 radical (unpaired) electrons. The van der Waals surface area contributed by atoms with E-state index in [1.54, 1.807) is 0 Å². The second-order valence-corrected chi connectivity index (χ2v) is 9.39. The molecule has 3 nitrogen and oxygen atoms in total. The number of fused-ring (bicyclic) bond motifs is 1. The number of carbonyl (C=O) groups is 1. The number of nitrogens with zero attached hydrogens (tertiary/aromatic N) is 2. The van der Waals surface area contributed by atoms with Crippen LogP contribution in [0, 0.1) is 0 Å². The quantitative estimate of drug-likeness (QED) is 0.659. The lowest BCUT2D eigenvalue weighted by atomic mass is 10.1. The summed E-state index contributed by atoms with van der Waals surface area (Å²) in [5, 5.41) is 0. The molecule has 2 aromatic carbocycles. The molecule has 1 fully saturated rings. The molecule has 0 aliphatic carbocycles. The van der Waals surface area contributed by atoms with E-state index in [1.165, 1.54) is 35.1 Å². The lowest BCUT2D eigenvalue weighted by molar-refractivity contribution is -0.116. The predicted octanol–water partition coefficient (Wildman–Crippen LogP) is 4.98. The van der Waals surface area contributed by atoms with Crippen molar-refractivity contribution in [3.63, 3.8) is 0 Å². The van der Waals surface area contributed by atoms with Gasteiger partial charge >= 0.3 is 0 Å². The maximum atomic E-state index is 13.3. The number of hydrogen-bond donors (Lipinski definition) is 0. The van der Waals surface area contributed by atoms with Gasteiger partial charge in [-0.05, 0) is 30.5 Å². The zero-order chi connectivity index (χ0) is 18.6. The second kappa shape index (κ2) is 8.67. The minimum atomic E-state index is 0.0551. The summed E-state index contributed by atoms with van der Waals surface area (Å²) < 4.78 is 0.858. The Balaban J connectivity index is 1.55. The van der Waals surface area contributed by atoms with Crippen molar-refractivity contribution in [3.8, 4) is 0 Å². The number of para-hydroxylation sites is 1. The highest BCUT2D eigenvalue weighted by molar-refractivity contribution is 8.23. The number of anilines is 1. The lowest BCUT2D eigenvalue weighted by Crippen LogP contribution is -2.40. The normalized spacial score (nSPS) is 19.0. The summed E-state index contributed by atoms with van der Waals surface area (Å²) >= 11 is 8.88. The predicted molar refractivity (Wildman–Crippen MR) is 120 cm³/mol. The maximum absolute atomic E-state index is 13.3. The maximum Gasteiger partial charge on any atom is 0.238 e. The van der Waals surface area contributed by atoms with Crippen LogP contribution in [0.1, 0.15) is 24.4 Å². The number of benzene rings is 2. The molecule has 1 saturated heterocycles. The molecule has 1 amide bonds. The fraction of sp³-hybridized carbons (Fsp3) is 0.333. The van der Waals surface area contributed by atoms with E-state index in [-0.39, 0.29) is 11.9 Å². The Labute approximate surface area is 174 Å². The van der Waals surface area contributed by atoms with Gasteiger partial charge in [0.05, 0.1) is 17.5 Å². The van der Waals surface area contributed by atoms with Gasteiger partial charge in [0.2, 0.25) is 5.91 Å². The first kappa shape index (κ1) is 18.8. The highest BCUT2D eigenvalue weighted by Gasteiger charge is 2.32. The standard InChI is InChI=1S/C21H22N2OS3/c24-20(15-27-21(25)22-12-6-7-13-22)23-17-10-4-5-11-19(17)26-14-18(23)16-8-2-1-3-9-16/h1-5,8-11,18H,6-7,12-15H2/t18-/m0/s1. The molecule has 0 spiro atoms. The molecular formula is C21H22N2OS3. The van der Waals surface area contributed by atoms with Gasteiger partial charge in [-0.3, -0.25) is 4.79 Å². The Morgan fingerprint density at radius 2 is 1.78 bits per heavy atom. The van der Waals surface area contributed by atoms with E-state index in [0.29, 0.717) is 5.75 Å². The largest absolute Gasteiger partial charge is 0.358 e. The summed E-state index contributed by atoms with van der Waals surface area (Å²) in [4.78, 5) is 18.7. The van der Waals surface area contributed by atoms with Crippen LogP contribution in [0.5, 0.6) is 0 Å². The molecular weight excluding hydrogens is 392 g/mol. The van der Waals surface area contributed by atoms with Gasteiger partial charge in [-0.1, -0.05) is 66.4 Å². The van der Waals surface area contributed by atoms with E-state index in [9.17, 15) is 4.79 Å². The molecule has 0 saturated carbocycles. The average Bonchev–Trinajstić information content (AvgIpc) is 3.26. The highest BCUT2D eigenvalue weighted by Crippen LogP contribution is 2.43. The first-order valence-electron chi connectivity index (χ1n) is 9.24. The minimum absolute atomic E-state index is 0.0551. The molecule has 27 heavy (non-hydrogen) atoms. The molecule has 6 heteroatoms. The molecule has 2 aliphatic rings. The van der Waals surface area contributed by atoms with Crippen molar-refractivity contribution in [3.05, 3.63) is 60.2 Å². The number of thiocarbonyl (C=S) groups is 1. The van der Waals surface area contributed by atoms with Crippen LogP contribution in [0.15, 0.2) is 59.5 Å². The Bertz CT molecular complexity index is 821.